The second-order valence-corrected chi connectivity index (χ2v) is 14.8. The molecule has 1 saturated heterocycles. The number of aldehydes is 1. The van der Waals surface area contributed by atoms with Gasteiger partial charge in [0.1, 0.15) is 0 Å². The van der Waals surface area contributed by atoms with E-state index in [0.717, 1.165) is 12.8 Å². The van der Waals surface area contributed by atoms with Gasteiger partial charge >= 0.3 is 5.97 Å². The molecule has 3 atom stereocenters. The van der Waals surface area contributed by atoms with Gasteiger partial charge in [0.25, 0.3) is 8.32 Å². The summed E-state index contributed by atoms with van der Waals surface area (Å²) < 4.78 is 19.1. The van der Waals surface area contributed by atoms with E-state index >= 15 is 0 Å². The average molecular weight is 517 g/mol. The highest BCUT2D eigenvalue weighted by atomic mass is 28.4. The number of ether oxygens (including phenoxy) is 2. The van der Waals surface area contributed by atoms with Crippen molar-refractivity contribution >= 4 is 30.9 Å². The van der Waals surface area contributed by atoms with Crippen LogP contribution in [0.4, 0.5) is 0 Å². The summed E-state index contributed by atoms with van der Waals surface area (Å²) in [5, 5.41) is 2.21. The van der Waals surface area contributed by atoms with Crippen molar-refractivity contribution in [2.75, 3.05) is 6.61 Å². The zero-order valence-electron chi connectivity index (χ0n) is 21.8. The van der Waals surface area contributed by atoms with E-state index in [4.69, 9.17) is 13.9 Å². The number of hydrogen-bond donors (Lipinski definition) is 0. The normalized spacial score (nSPS) is 19.1. The Hall–Kier alpha value is -3.06. The maximum Gasteiger partial charge on any atom is 0.338 e. The molecule has 1 heterocycles. The van der Waals surface area contributed by atoms with Crippen molar-refractivity contribution in [3.05, 3.63) is 96.6 Å². The summed E-state index contributed by atoms with van der Waals surface area (Å²) in [6.45, 7) is 7.32. The maximum atomic E-state index is 12.6. The Morgan fingerprint density at radius 2 is 1.49 bits per heavy atom. The molecule has 1 aliphatic rings. The first-order valence-electron chi connectivity index (χ1n) is 13.0. The van der Waals surface area contributed by atoms with Gasteiger partial charge < -0.3 is 13.9 Å². The molecule has 37 heavy (non-hydrogen) atoms. The molecule has 4 rings (SSSR count). The molecule has 3 aromatic rings. The minimum Gasteiger partial charge on any atom is -0.451 e. The van der Waals surface area contributed by atoms with Gasteiger partial charge in [-0.25, -0.2) is 4.79 Å². The Labute approximate surface area is 220 Å². The van der Waals surface area contributed by atoms with Gasteiger partial charge in [-0.15, -0.1) is 0 Å². The number of benzene rings is 3. The summed E-state index contributed by atoms with van der Waals surface area (Å²) >= 11 is 0. The van der Waals surface area contributed by atoms with Crippen LogP contribution in [0.5, 0.6) is 0 Å². The lowest BCUT2D eigenvalue weighted by Gasteiger charge is -2.47. The fourth-order valence-electron chi connectivity index (χ4n) is 5.23. The molecule has 0 aromatic heterocycles. The predicted molar refractivity (Wildman–Crippen MR) is 148 cm³/mol. The number of rotatable bonds is 9. The first kappa shape index (κ1) is 27.0. The monoisotopic (exact) mass is 516 g/mol. The molecule has 0 unspecified atom stereocenters. The van der Waals surface area contributed by atoms with Gasteiger partial charge in [-0.3, -0.25) is 4.79 Å². The van der Waals surface area contributed by atoms with Crippen molar-refractivity contribution in [1.29, 1.82) is 0 Å². The maximum absolute atomic E-state index is 12.6. The fourth-order valence-corrected chi connectivity index (χ4v) is 9.96. The Balaban J connectivity index is 1.64. The van der Waals surface area contributed by atoms with E-state index in [0.29, 0.717) is 18.5 Å². The van der Waals surface area contributed by atoms with E-state index in [1.54, 1.807) is 24.3 Å². The van der Waals surface area contributed by atoms with Crippen molar-refractivity contribution in [3.63, 3.8) is 0 Å². The zero-order chi connectivity index (χ0) is 26.3. The summed E-state index contributed by atoms with van der Waals surface area (Å²) in [6.07, 6.45) is 1.11. The standard InChI is InChI=1S/C31H36O5Si/c1-31(2,3)37(26-16-9-5-10-17-26,27-18-11-6-12-19-27)36-28-20-13-21-34-29(28)22-25(23-32)35-30(33)24-14-7-4-8-15-24/h4-12,14-19,23,25,28-29H,13,20-22H2,1-3H3/t25-,28+,29-/m0/s1. The molecule has 0 spiro atoms. The summed E-state index contributed by atoms with van der Waals surface area (Å²) in [4.78, 5) is 24.6. The summed E-state index contributed by atoms with van der Waals surface area (Å²) in [5.74, 6) is -0.516. The van der Waals surface area contributed by atoms with Crippen LogP contribution >= 0.6 is 0 Å². The summed E-state index contributed by atoms with van der Waals surface area (Å²) in [6, 6.07) is 29.7. The zero-order valence-corrected chi connectivity index (χ0v) is 22.8. The van der Waals surface area contributed by atoms with Crippen LogP contribution in [-0.2, 0) is 18.7 Å². The van der Waals surface area contributed by atoms with Crippen LogP contribution in [-0.4, -0.2) is 45.5 Å². The minimum absolute atomic E-state index is 0.179. The molecule has 0 radical (unpaired) electrons. The Morgan fingerprint density at radius 1 is 0.946 bits per heavy atom. The van der Waals surface area contributed by atoms with Crippen LogP contribution in [0.3, 0.4) is 0 Å². The largest absolute Gasteiger partial charge is 0.451 e. The van der Waals surface area contributed by atoms with Gasteiger partial charge in [0, 0.05) is 13.0 Å². The van der Waals surface area contributed by atoms with Crippen LogP contribution in [0, 0.1) is 0 Å². The van der Waals surface area contributed by atoms with Crippen molar-refractivity contribution in [2.24, 2.45) is 0 Å². The third kappa shape index (κ3) is 6.09. The Kier molecular flexibility index (Phi) is 8.74. The van der Waals surface area contributed by atoms with Crippen molar-refractivity contribution in [1.82, 2.24) is 0 Å². The minimum atomic E-state index is -2.80. The highest BCUT2D eigenvalue weighted by molar-refractivity contribution is 6.99. The van der Waals surface area contributed by atoms with Gasteiger partial charge in [0.05, 0.1) is 17.8 Å². The third-order valence-electron chi connectivity index (χ3n) is 7.01. The second kappa shape index (κ2) is 12.0. The van der Waals surface area contributed by atoms with Crippen molar-refractivity contribution in [3.8, 4) is 0 Å². The van der Waals surface area contributed by atoms with Crippen LogP contribution in [0.25, 0.3) is 0 Å². The molecule has 0 amide bonds. The van der Waals surface area contributed by atoms with Crippen molar-refractivity contribution < 1.29 is 23.5 Å². The molecule has 0 bridgehead atoms. The van der Waals surface area contributed by atoms with E-state index in [1.165, 1.54) is 10.4 Å². The first-order valence-corrected chi connectivity index (χ1v) is 14.9. The number of carbonyl (C=O) groups excluding carboxylic acids is 2. The number of hydrogen-bond acceptors (Lipinski definition) is 5. The highest BCUT2D eigenvalue weighted by Gasteiger charge is 2.52. The van der Waals surface area contributed by atoms with E-state index in [1.807, 2.05) is 18.2 Å². The molecule has 5 nitrogen and oxygen atoms in total. The fraction of sp³-hybridized carbons (Fsp3) is 0.355. The lowest BCUT2D eigenvalue weighted by molar-refractivity contribution is -0.122. The Morgan fingerprint density at radius 3 is 2.00 bits per heavy atom. The van der Waals surface area contributed by atoms with E-state index < -0.39 is 20.4 Å². The smallest absolute Gasteiger partial charge is 0.338 e. The van der Waals surface area contributed by atoms with Gasteiger partial charge in [-0.05, 0) is 40.4 Å². The topological polar surface area (TPSA) is 61.8 Å². The third-order valence-corrected chi connectivity index (χ3v) is 12.1. The first-order chi connectivity index (χ1) is 17.8. The Bertz CT molecular complexity index is 1100. The van der Waals surface area contributed by atoms with E-state index in [-0.39, 0.29) is 23.7 Å². The molecule has 0 N–H and O–H groups in total. The molecular formula is C31H36O5Si. The molecule has 0 aliphatic carbocycles. The van der Waals surface area contributed by atoms with Crippen LogP contribution in [0.15, 0.2) is 91.0 Å². The van der Waals surface area contributed by atoms with Gasteiger partial charge in [-0.2, -0.15) is 0 Å². The van der Waals surface area contributed by atoms with E-state index in [2.05, 4.69) is 69.3 Å². The van der Waals surface area contributed by atoms with E-state index in [9.17, 15) is 9.59 Å². The summed E-state index contributed by atoms with van der Waals surface area (Å²) in [7, 11) is -2.80. The van der Waals surface area contributed by atoms with Gasteiger partial charge in [-0.1, -0.05) is 99.6 Å². The molecular weight excluding hydrogens is 480 g/mol. The van der Waals surface area contributed by atoms with Crippen LogP contribution < -0.4 is 10.4 Å². The number of carbonyl (C=O) groups is 2. The van der Waals surface area contributed by atoms with Crippen LogP contribution in [0.1, 0.15) is 50.4 Å². The van der Waals surface area contributed by atoms with Gasteiger partial charge in [0.2, 0.25) is 0 Å². The van der Waals surface area contributed by atoms with Crippen LogP contribution in [0.2, 0.25) is 5.04 Å². The van der Waals surface area contributed by atoms with Crippen molar-refractivity contribution in [2.45, 2.75) is 63.4 Å². The van der Waals surface area contributed by atoms with Gasteiger partial charge in [0.15, 0.2) is 12.4 Å². The highest BCUT2D eigenvalue weighted by Crippen LogP contribution is 2.39. The summed E-state index contributed by atoms with van der Waals surface area (Å²) in [5.41, 5.74) is 0.416. The second-order valence-electron chi connectivity index (χ2n) is 10.6. The quantitative estimate of drug-likeness (QED) is 0.229. The lowest BCUT2D eigenvalue weighted by Crippen LogP contribution is -2.68. The molecule has 194 valence electrons. The number of esters is 1. The predicted octanol–water partition coefficient (Wildman–Crippen LogP) is 4.93. The molecule has 1 aliphatic heterocycles. The molecule has 1 fully saturated rings. The molecule has 0 saturated carbocycles. The SMILES string of the molecule is CC(C)(C)[Si](O[C@@H]1CCCO[C@H]1C[C@@H](C=O)OC(=O)c1ccccc1)(c1ccccc1)c1ccccc1. The lowest BCUT2D eigenvalue weighted by atomic mass is 10.0. The molecule has 3 aromatic carbocycles. The average Bonchev–Trinajstić information content (AvgIpc) is 2.92. The molecule has 6 heteroatoms.